The zero-order chi connectivity index (χ0) is 14.2. The van der Waals surface area contributed by atoms with Crippen LogP contribution in [0.5, 0.6) is 0 Å². The van der Waals surface area contributed by atoms with Crippen molar-refractivity contribution in [2.75, 3.05) is 6.54 Å². The first-order chi connectivity index (χ1) is 9.55. The molecule has 3 N–H and O–H groups in total. The van der Waals surface area contributed by atoms with E-state index in [4.69, 9.17) is 18.0 Å². The van der Waals surface area contributed by atoms with Gasteiger partial charge in [0, 0.05) is 13.0 Å². The van der Waals surface area contributed by atoms with E-state index >= 15 is 0 Å². The predicted octanol–water partition coefficient (Wildman–Crippen LogP) is 2.78. The fourth-order valence-corrected chi connectivity index (χ4v) is 5.54. The van der Waals surface area contributed by atoms with Crippen LogP contribution in [0.4, 0.5) is 0 Å². The van der Waals surface area contributed by atoms with Gasteiger partial charge in [0.15, 0.2) is 0 Å². The molecule has 4 fully saturated rings. The number of thiocarbonyl (C=S) groups is 1. The normalized spacial score (nSPS) is 37.9. The van der Waals surface area contributed by atoms with Crippen LogP contribution in [0.1, 0.15) is 57.8 Å². The minimum absolute atomic E-state index is 0.245. The second-order valence-corrected chi connectivity index (χ2v) is 8.04. The van der Waals surface area contributed by atoms with Gasteiger partial charge < -0.3 is 11.1 Å². The van der Waals surface area contributed by atoms with Crippen molar-refractivity contribution in [2.45, 2.75) is 57.8 Å². The van der Waals surface area contributed by atoms with Crippen molar-refractivity contribution >= 4 is 23.1 Å². The van der Waals surface area contributed by atoms with Gasteiger partial charge in [-0.15, -0.1) is 0 Å². The van der Waals surface area contributed by atoms with Gasteiger partial charge in [0.2, 0.25) is 5.91 Å². The van der Waals surface area contributed by atoms with E-state index in [0.717, 1.165) is 37.0 Å². The lowest BCUT2D eigenvalue weighted by Crippen LogP contribution is -2.48. The van der Waals surface area contributed by atoms with Crippen LogP contribution in [0.2, 0.25) is 0 Å². The Bertz CT molecular complexity index is 372. The number of nitrogens with two attached hydrogens (primary N) is 1. The molecule has 0 aromatic rings. The van der Waals surface area contributed by atoms with Crippen molar-refractivity contribution in [3.63, 3.8) is 0 Å². The molecule has 0 atom stereocenters. The summed E-state index contributed by atoms with van der Waals surface area (Å²) < 4.78 is 0. The van der Waals surface area contributed by atoms with Crippen LogP contribution in [-0.4, -0.2) is 17.4 Å². The Morgan fingerprint density at radius 1 is 1.15 bits per heavy atom. The van der Waals surface area contributed by atoms with Crippen molar-refractivity contribution in [1.29, 1.82) is 0 Å². The van der Waals surface area contributed by atoms with Crippen LogP contribution in [0.25, 0.3) is 0 Å². The molecule has 0 aromatic carbocycles. The maximum Gasteiger partial charge on any atom is 0.220 e. The van der Waals surface area contributed by atoms with Crippen LogP contribution >= 0.6 is 12.2 Å². The van der Waals surface area contributed by atoms with Gasteiger partial charge >= 0.3 is 0 Å². The van der Waals surface area contributed by atoms with Crippen LogP contribution in [0, 0.1) is 23.2 Å². The first-order valence-electron chi connectivity index (χ1n) is 8.10. The fourth-order valence-electron chi connectivity index (χ4n) is 5.40. The molecule has 4 aliphatic carbocycles. The molecular weight excluding hydrogens is 268 g/mol. The molecular formula is C16H26N2OS. The van der Waals surface area contributed by atoms with Crippen LogP contribution in [-0.2, 0) is 4.79 Å². The average Bonchev–Trinajstić information content (AvgIpc) is 2.32. The Labute approximate surface area is 127 Å². The van der Waals surface area contributed by atoms with Gasteiger partial charge in [-0.1, -0.05) is 12.2 Å². The minimum Gasteiger partial charge on any atom is -0.393 e. The van der Waals surface area contributed by atoms with Crippen molar-refractivity contribution in [1.82, 2.24) is 5.32 Å². The van der Waals surface area contributed by atoms with Crippen LogP contribution in [0.3, 0.4) is 0 Å². The molecule has 0 unspecified atom stereocenters. The van der Waals surface area contributed by atoms with Crippen molar-refractivity contribution in [3.05, 3.63) is 0 Å². The highest BCUT2D eigenvalue weighted by molar-refractivity contribution is 7.80. The average molecular weight is 294 g/mol. The monoisotopic (exact) mass is 294 g/mol. The summed E-state index contributed by atoms with van der Waals surface area (Å²) in [5, 5.41) is 3.06. The van der Waals surface area contributed by atoms with E-state index in [0.29, 0.717) is 16.9 Å². The summed E-state index contributed by atoms with van der Waals surface area (Å²) in [6.07, 6.45) is 10.6. The highest BCUT2D eigenvalue weighted by Crippen LogP contribution is 2.61. The Kier molecular flexibility index (Phi) is 4.02. The van der Waals surface area contributed by atoms with E-state index in [1.165, 1.54) is 38.5 Å². The van der Waals surface area contributed by atoms with E-state index in [-0.39, 0.29) is 5.91 Å². The number of amides is 1. The predicted molar refractivity (Wildman–Crippen MR) is 84.3 cm³/mol. The summed E-state index contributed by atoms with van der Waals surface area (Å²) in [5.74, 6) is 3.01. The molecule has 0 aromatic heterocycles. The third-order valence-electron chi connectivity index (χ3n) is 5.62. The number of hydrogen-bond acceptors (Lipinski definition) is 2. The number of rotatable bonds is 6. The van der Waals surface area contributed by atoms with Gasteiger partial charge in [0.25, 0.3) is 0 Å². The maximum atomic E-state index is 12.2. The van der Waals surface area contributed by atoms with Gasteiger partial charge in [-0.05, 0) is 74.5 Å². The van der Waals surface area contributed by atoms with E-state index < -0.39 is 0 Å². The molecule has 0 saturated heterocycles. The SMILES string of the molecule is NC(=S)CCCNC(=O)CC12CC3CC(CC(C3)C1)C2. The lowest BCUT2D eigenvalue weighted by atomic mass is 9.49. The van der Waals surface area contributed by atoms with Gasteiger partial charge in [-0.3, -0.25) is 4.79 Å². The molecule has 20 heavy (non-hydrogen) atoms. The smallest absolute Gasteiger partial charge is 0.220 e. The van der Waals surface area contributed by atoms with E-state index in [1.807, 2.05) is 0 Å². The summed E-state index contributed by atoms with van der Waals surface area (Å²) in [6, 6.07) is 0. The largest absolute Gasteiger partial charge is 0.393 e. The molecule has 4 saturated carbocycles. The lowest BCUT2D eigenvalue weighted by molar-refractivity contribution is -0.129. The van der Waals surface area contributed by atoms with E-state index in [9.17, 15) is 4.79 Å². The molecule has 4 rings (SSSR count). The van der Waals surface area contributed by atoms with Crippen LogP contribution < -0.4 is 11.1 Å². The second-order valence-electron chi connectivity index (χ2n) is 7.51. The summed E-state index contributed by atoms with van der Waals surface area (Å²) in [6.45, 7) is 0.711. The van der Waals surface area contributed by atoms with Crippen molar-refractivity contribution in [3.8, 4) is 0 Å². The zero-order valence-corrected chi connectivity index (χ0v) is 13.0. The quantitative estimate of drug-likeness (QED) is 0.585. The fraction of sp³-hybridized carbons (Fsp3) is 0.875. The Morgan fingerprint density at radius 3 is 2.20 bits per heavy atom. The molecule has 3 nitrogen and oxygen atoms in total. The summed E-state index contributed by atoms with van der Waals surface area (Å²) in [7, 11) is 0. The van der Waals surface area contributed by atoms with E-state index in [1.54, 1.807) is 0 Å². The van der Waals surface area contributed by atoms with Crippen LogP contribution in [0.15, 0.2) is 0 Å². The summed E-state index contributed by atoms with van der Waals surface area (Å²) >= 11 is 4.85. The summed E-state index contributed by atoms with van der Waals surface area (Å²) in [5.41, 5.74) is 5.81. The molecule has 0 radical (unpaired) electrons. The molecule has 4 bridgehead atoms. The number of carbonyl (C=O) groups excluding carboxylic acids is 1. The second kappa shape index (κ2) is 5.63. The Hall–Kier alpha value is -0.640. The molecule has 4 heteroatoms. The van der Waals surface area contributed by atoms with Gasteiger partial charge in [0.1, 0.15) is 0 Å². The third kappa shape index (κ3) is 3.16. The third-order valence-corrected chi connectivity index (χ3v) is 5.83. The van der Waals surface area contributed by atoms with Gasteiger partial charge in [-0.2, -0.15) is 0 Å². The van der Waals surface area contributed by atoms with Gasteiger partial charge in [-0.25, -0.2) is 0 Å². The molecule has 0 spiro atoms. The molecule has 0 aliphatic heterocycles. The number of carbonyl (C=O) groups is 1. The molecule has 0 heterocycles. The first-order valence-corrected chi connectivity index (χ1v) is 8.50. The topological polar surface area (TPSA) is 55.1 Å². The number of hydrogen-bond donors (Lipinski definition) is 2. The standard InChI is InChI=1S/C16H26N2OS/c17-14(20)2-1-3-18-15(19)10-16-7-11-4-12(8-16)6-13(5-11)9-16/h11-13H,1-10H2,(H2,17,20)(H,18,19). The zero-order valence-electron chi connectivity index (χ0n) is 12.2. The molecule has 1 amide bonds. The first kappa shape index (κ1) is 14.3. The molecule has 112 valence electrons. The molecule has 4 aliphatic rings. The minimum atomic E-state index is 0.245. The number of nitrogens with one attached hydrogen (secondary N) is 1. The summed E-state index contributed by atoms with van der Waals surface area (Å²) in [4.78, 5) is 12.7. The lowest BCUT2D eigenvalue weighted by Gasteiger charge is -2.56. The van der Waals surface area contributed by atoms with Crippen molar-refractivity contribution in [2.24, 2.45) is 28.9 Å². The van der Waals surface area contributed by atoms with Crippen molar-refractivity contribution < 1.29 is 4.79 Å². The highest BCUT2D eigenvalue weighted by Gasteiger charge is 2.51. The maximum absolute atomic E-state index is 12.2. The highest BCUT2D eigenvalue weighted by atomic mass is 32.1. The van der Waals surface area contributed by atoms with E-state index in [2.05, 4.69) is 5.32 Å². The Morgan fingerprint density at radius 2 is 1.70 bits per heavy atom. The Balaban J connectivity index is 1.47. The van der Waals surface area contributed by atoms with Gasteiger partial charge in [0.05, 0.1) is 4.99 Å².